The second-order valence-corrected chi connectivity index (χ2v) is 6.61. The molecule has 2 aromatic carbocycles. The van der Waals surface area contributed by atoms with Gasteiger partial charge in [0.25, 0.3) is 5.91 Å². The fraction of sp³-hybridized carbons (Fsp3) is 0.250. The number of aromatic nitrogens is 1. The van der Waals surface area contributed by atoms with E-state index >= 15 is 0 Å². The number of hydrogen-bond donors (Lipinski definition) is 2. The minimum absolute atomic E-state index is 0. The number of anilines is 2. The van der Waals surface area contributed by atoms with Gasteiger partial charge in [-0.2, -0.15) is 0 Å². The molecule has 1 amide bonds. The Kier molecular flexibility index (Phi) is 8.16. The molecule has 0 aliphatic heterocycles. The molecule has 0 saturated carbocycles. The Balaban J connectivity index is 0.00000182. The lowest BCUT2D eigenvalue weighted by molar-refractivity contribution is 0.102. The summed E-state index contributed by atoms with van der Waals surface area (Å²) in [6.45, 7) is 3.77. The van der Waals surface area contributed by atoms with Gasteiger partial charge < -0.3 is 20.5 Å². The molecule has 3 N–H and O–H groups in total. The average molecular weight is 409 g/mol. The van der Waals surface area contributed by atoms with Gasteiger partial charge >= 0.3 is 0 Å². The lowest BCUT2D eigenvalue weighted by Gasteiger charge is -2.12. The molecule has 5 nitrogen and oxygen atoms in total. The Morgan fingerprint density at radius 2 is 1.85 bits per heavy atom. The summed E-state index contributed by atoms with van der Waals surface area (Å²) < 4.78 is 2.21. The Hall–Kier alpha value is -2.21. The summed E-state index contributed by atoms with van der Waals surface area (Å²) in [5.74, 6) is -0.143. The number of amides is 1. The van der Waals surface area contributed by atoms with Crippen molar-refractivity contribution in [3.63, 3.8) is 0 Å². The van der Waals surface area contributed by atoms with E-state index in [1.807, 2.05) is 31.2 Å². The molecule has 3 aromatic rings. The largest absolute Gasteiger partial charge is 0.399 e. The number of rotatable bonds is 5. The number of carbonyl (C=O) groups is 1. The second kappa shape index (κ2) is 9.65. The summed E-state index contributed by atoms with van der Waals surface area (Å²) in [4.78, 5) is 14.7. The van der Waals surface area contributed by atoms with Crippen LogP contribution in [0.2, 0.25) is 0 Å². The molecule has 0 aliphatic rings. The number of hydrogen-bond acceptors (Lipinski definition) is 3. The van der Waals surface area contributed by atoms with Gasteiger partial charge in [-0.25, -0.2) is 0 Å². The van der Waals surface area contributed by atoms with Crippen molar-refractivity contribution in [2.75, 3.05) is 31.7 Å². The molecular weight excluding hydrogens is 383 g/mol. The first-order valence-electron chi connectivity index (χ1n) is 8.35. The molecule has 0 atom stereocenters. The summed E-state index contributed by atoms with van der Waals surface area (Å²) in [6.07, 6.45) is 2.09. The van der Waals surface area contributed by atoms with Gasteiger partial charge in [0.2, 0.25) is 0 Å². The predicted octanol–water partition coefficient (Wildman–Crippen LogP) is 4.19. The fourth-order valence-electron chi connectivity index (χ4n) is 2.85. The Morgan fingerprint density at radius 3 is 2.56 bits per heavy atom. The van der Waals surface area contributed by atoms with Crippen molar-refractivity contribution in [3.05, 3.63) is 59.8 Å². The van der Waals surface area contributed by atoms with Crippen LogP contribution in [0.3, 0.4) is 0 Å². The average Bonchev–Trinajstić information content (AvgIpc) is 2.97. The molecule has 0 radical (unpaired) electrons. The topological polar surface area (TPSA) is 63.3 Å². The van der Waals surface area contributed by atoms with Crippen LogP contribution in [-0.2, 0) is 6.54 Å². The van der Waals surface area contributed by atoms with Crippen molar-refractivity contribution in [1.29, 1.82) is 0 Å². The Morgan fingerprint density at radius 1 is 1.11 bits per heavy atom. The van der Waals surface area contributed by atoms with Crippen LogP contribution < -0.4 is 11.1 Å². The molecule has 0 saturated heterocycles. The maximum absolute atomic E-state index is 12.6. The number of nitrogens with zero attached hydrogens (tertiary/aromatic N) is 2. The minimum atomic E-state index is -0.143. The highest BCUT2D eigenvalue weighted by Gasteiger charge is 2.11. The van der Waals surface area contributed by atoms with Crippen LogP contribution in [0.5, 0.6) is 0 Å². The predicted molar refractivity (Wildman–Crippen MR) is 119 cm³/mol. The number of carbonyl (C=O) groups excluding carboxylic acids is 1. The maximum atomic E-state index is 12.6. The van der Waals surface area contributed by atoms with E-state index in [0.717, 1.165) is 35.2 Å². The van der Waals surface area contributed by atoms with Gasteiger partial charge in [-0.3, -0.25) is 4.79 Å². The van der Waals surface area contributed by atoms with Gasteiger partial charge in [0.15, 0.2) is 0 Å². The zero-order valence-corrected chi connectivity index (χ0v) is 17.4. The van der Waals surface area contributed by atoms with Crippen molar-refractivity contribution in [3.8, 4) is 0 Å². The third-order valence-corrected chi connectivity index (χ3v) is 4.33. The van der Waals surface area contributed by atoms with Crippen LogP contribution in [-0.4, -0.2) is 36.0 Å². The number of aryl methyl sites for hydroxylation is 1. The van der Waals surface area contributed by atoms with E-state index in [4.69, 9.17) is 5.73 Å². The van der Waals surface area contributed by atoms with Crippen molar-refractivity contribution in [2.24, 2.45) is 0 Å². The van der Waals surface area contributed by atoms with Gasteiger partial charge in [-0.05, 0) is 62.3 Å². The molecule has 0 bridgehead atoms. The van der Waals surface area contributed by atoms with Crippen LogP contribution in [0.1, 0.15) is 15.9 Å². The monoisotopic (exact) mass is 408 g/mol. The van der Waals surface area contributed by atoms with E-state index < -0.39 is 0 Å². The molecule has 0 spiro atoms. The molecule has 146 valence electrons. The SMILES string of the molecule is Cc1ccc(N)cc1C(=O)Nc1ccc2ccn(CCN(C)C)c2c1.Cl.Cl. The van der Waals surface area contributed by atoms with E-state index in [9.17, 15) is 4.79 Å². The van der Waals surface area contributed by atoms with Crippen molar-refractivity contribution in [2.45, 2.75) is 13.5 Å². The van der Waals surface area contributed by atoms with E-state index in [1.165, 1.54) is 0 Å². The molecule has 1 aromatic heterocycles. The number of nitrogens with one attached hydrogen (secondary N) is 1. The lowest BCUT2D eigenvalue weighted by atomic mass is 10.1. The molecule has 1 heterocycles. The van der Waals surface area contributed by atoms with E-state index in [2.05, 4.69) is 41.1 Å². The molecule has 27 heavy (non-hydrogen) atoms. The molecule has 0 aliphatic carbocycles. The quantitative estimate of drug-likeness (QED) is 0.622. The first-order valence-corrected chi connectivity index (χ1v) is 8.35. The van der Waals surface area contributed by atoms with Gasteiger partial charge in [0.05, 0.1) is 5.52 Å². The highest BCUT2D eigenvalue weighted by Crippen LogP contribution is 2.22. The van der Waals surface area contributed by atoms with Crippen molar-refractivity contribution in [1.82, 2.24) is 9.47 Å². The molecule has 3 rings (SSSR count). The first-order chi connectivity index (χ1) is 11.9. The smallest absolute Gasteiger partial charge is 0.256 e. The summed E-state index contributed by atoms with van der Waals surface area (Å²) in [7, 11) is 4.12. The van der Waals surface area contributed by atoms with Crippen LogP contribution in [0.15, 0.2) is 48.7 Å². The highest BCUT2D eigenvalue weighted by atomic mass is 35.5. The maximum Gasteiger partial charge on any atom is 0.256 e. The standard InChI is InChI=1S/C20H24N4O.2ClH/c1-14-4-6-16(21)12-18(14)20(25)22-17-7-5-15-8-9-24(19(15)13-17)11-10-23(2)3;;/h4-9,12-13H,10-11,21H2,1-3H3,(H,22,25);2*1H. The van der Waals surface area contributed by atoms with E-state index in [1.54, 1.807) is 12.1 Å². The molecular formula is C20H26Cl2N4O. The Labute approximate surface area is 172 Å². The molecule has 0 unspecified atom stereocenters. The summed E-state index contributed by atoms with van der Waals surface area (Å²) in [5.41, 5.74) is 9.80. The number of nitrogens with two attached hydrogens (primary N) is 1. The normalized spacial score (nSPS) is 10.4. The van der Waals surface area contributed by atoms with E-state index in [-0.39, 0.29) is 30.7 Å². The summed E-state index contributed by atoms with van der Waals surface area (Å²) in [5, 5.41) is 4.15. The summed E-state index contributed by atoms with van der Waals surface area (Å²) >= 11 is 0. The number of fused-ring (bicyclic) bond motifs is 1. The van der Waals surface area contributed by atoms with Crippen molar-refractivity contribution >= 4 is 53.0 Å². The zero-order valence-electron chi connectivity index (χ0n) is 15.7. The fourth-order valence-corrected chi connectivity index (χ4v) is 2.85. The van der Waals surface area contributed by atoms with Crippen molar-refractivity contribution < 1.29 is 4.79 Å². The van der Waals surface area contributed by atoms with Crippen LogP contribution >= 0.6 is 24.8 Å². The van der Waals surface area contributed by atoms with E-state index in [0.29, 0.717) is 11.3 Å². The Bertz CT molecular complexity index is 921. The number of likely N-dealkylation sites (N-methyl/N-ethyl adjacent to an activating group) is 1. The number of nitrogen functional groups attached to an aromatic ring is 1. The van der Waals surface area contributed by atoms with Crippen LogP contribution in [0.25, 0.3) is 10.9 Å². The van der Waals surface area contributed by atoms with Gasteiger partial charge in [0, 0.05) is 36.2 Å². The van der Waals surface area contributed by atoms with Gasteiger partial charge in [0.1, 0.15) is 0 Å². The zero-order chi connectivity index (χ0) is 18.0. The highest BCUT2D eigenvalue weighted by molar-refractivity contribution is 6.06. The van der Waals surface area contributed by atoms with Gasteiger partial charge in [-0.1, -0.05) is 12.1 Å². The molecule has 0 fully saturated rings. The first kappa shape index (κ1) is 22.8. The second-order valence-electron chi connectivity index (χ2n) is 6.61. The third-order valence-electron chi connectivity index (χ3n) is 4.33. The third kappa shape index (κ3) is 5.39. The number of benzene rings is 2. The lowest BCUT2D eigenvalue weighted by Crippen LogP contribution is -2.18. The van der Waals surface area contributed by atoms with Gasteiger partial charge in [-0.15, -0.1) is 24.8 Å². The number of halogens is 2. The summed E-state index contributed by atoms with van der Waals surface area (Å²) in [6, 6.07) is 13.4. The van der Waals surface area contributed by atoms with Crippen LogP contribution in [0.4, 0.5) is 11.4 Å². The molecule has 7 heteroatoms. The minimum Gasteiger partial charge on any atom is -0.399 e. The van der Waals surface area contributed by atoms with Crippen LogP contribution in [0, 0.1) is 6.92 Å².